The lowest BCUT2D eigenvalue weighted by atomic mass is 9.96. The van der Waals surface area contributed by atoms with E-state index in [0.717, 1.165) is 68.4 Å². The number of carbonyl (C=O) groups excluding carboxylic acids is 1. The smallest absolute Gasteiger partial charge is 0.404 e. The molecule has 11 heteroatoms. The van der Waals surface area contributed by atoms with Crippen LogP contribution in [-0.2, 0) is 24.1 Å². The fourth-order valence-corrected chi connectivity index (χ4v) is 6.66. The largest absolute Gasteiger partial charge is 0.465 e. The molecule has 3 atom stereocenters. The highest BCUT2D eigenvalue weighted by Gasteiger charge is 2.22. The summed E-state index contributed by atoms with van der Waals surface area (Å²) in [5.74, 6) is 0.362. The molecule has 0 spiro atoms. The minimum atomic E-state index is -1.01. The summed E-state index contributed by atoms with van der Waals surface area (Å²) in [6, 6.07) is 20.0. The first-order chi connectivity index (χ1) is 22.7. The van der Waals surface area contributed by atoms with Gasteiger partial charge in [0, 0.05) is 62.7 Å². The molecule has 0 aliphatic carbocycles. The number of hydrogen-bond acceptors (Lipinski definition) is 7. The van der Waals surface area contributed by atoms with Crippen molar-refractivity contribution in [3.05, 3.63) is 87.9 Å². The molecule has 47 heavy (non-hydrogen) atoms. The maximum absolute atomic E-state index is 13.4. The second-order valence-corrected chi connectivity index (χ2v) is 13.7. The van der Waals surface area contributed by atoms with Gasteiger partial charge in [0.15, 0.2) is 0 Å². The van der Waals surface area contributed by atoms with E-state index in [4.69, 9.17) is 9.72 Å². The van der Waals surface area contributed by atoms with Gasteiger partial charge >= 0.3 is 12.1 Å². The number of rotatable bonds is 18. The molecule has 1 aliphatic rings. The average Bonchev–Trinajstić information content (AvgIpc) is 3.54. The Labute approximate surface area is 283 Å². The third-order valence-electron chi connectivity index (χ3n) is 8.53. The van der Waals surface area contributed by atoms with E-state index < -0.39 is 6.09 Å². The van der Waals surface area contributed by atoms with Crippen molar-refractivity contribution in [1.82, 2.24) is 30.7 Å². The van der Waals surface area contributed by atoms with Crippen LogP contribution in [0, 0.1) is 0 Å². The second kappa shape index (κ2) is 19.3. The Kier molecular flexibility index (Phi) is 15.0. The number of urea groups is 1. The summed E-state index contributed by atoms with van der Waals surface area (Å²) >= 11 is 1.64. The molecule has 4 rings (SSSR count). The molecule has 2 heterocycles. The van der Waals surface area contributed by atoms with Gasteiger partial charge in [0.25, 0.3) is 0 Å². The molecule has 3 aromatic rings. The summed E-state index contributed by atoms with van der Waals surface area (Å²) in [5.41, 5.74) is 3.22. The van der Waals surface area contributed by atoms with E-state index in [0.29, 0.717) is 31.8 Å². The zero-order valence-electron chi connectivity index (χ0n) is 28.1. The number of ether oxygens (including phenoxy) is 1. The number of nitrogens with one attached hydrogen (secondary N) is 3. The SMILES string of the molecule is CC(C)c1nc(CN(C)C(=O)NC(CCN2CCOCC2)CN[C@H](CC[C@@H](Cc2ccccc2)NC(=O)O)Cc2ccccc2)cs1. The molecule has 4 N–H and O–H groups in total. The predicted octanol–water partition coefficient (Wildman–Crippen LogP) is 5.36. The van der Waals surface area contributed by atoms with Crippen LogP contribution in [0.4, 0.5) is 9.59 Å². The number of carboxylic acid groups (broad SMARTS) is 1. The van der Waals surface area contributed by atoms with Crippen LogP contribution in [0.2, 0.25) is 0 Å². The Bertz CT molecular complexity index is 1340. The normalized spacial score (nSPS) is 15.6. The van der Waals surface area contributed by atoms with E-state index in [-0.39, 0.29) is 24.2 Å². The topological polar surface area (TPSA) is 119 Å². The van der Waals surface area contributed by atoms with Crippen molar-refractivity contribution >= 4 is 23.5 Å². The Morgan fingerprint density at radius 1 is 0.915 bits per heavy atom. The van der Waals surface area contributed by atoms with Gasteiger partial charge in [0.2, 0.25) is 0 Å². The number of benzene rings is 2. The highest BCUT2D eigenvalue weighted by atomic mass is 32.1. The molecule has 2 aromatic carbocycles. The van der Waals surface area contributed by atoms with Crippen LogP contribution in [-0.4, -0.2) is 96.6 Å². The van der Waals surface area contributed by atoms with Crippen LogP contribution in [0.1, 0.15) is 60.9 Å². The molecule has 1 unspecified atom stereocenters. The Hall–Kier alpha value is -3.51. The highest BCUT2D eigenvalue weighted by Crippen LogP contribution is 2.20. The Morgan fingerprint density at radius 3 is 2.13 bits per heavy atom. The lowest BCUT2D eigenvalue weighted by Crippen LogP contribution is -2.50. The van der Waals surface area contributed by atoms with E-state index in [1.807, 2.05) is 61.0 Å². The number of carbonyl (C=O) groups is 2. The molecule has 256 valence electrons. The molecule has 3 amide bonds. The van der Waals surface area contributed by atoms with E-state index >= 15 is 0 Å². The molecular weight excluding hydrogens is 613 g/mol. The van der Waals surface area contributed by atoms with Gasteiger partial charge in [0.05, 0.1) is 30.5 Å². The second-order valence-electron chi connectivity index (χ2n) is 12.8. The van der Waals surface area contributed by atoms with Gasteiger partial charge in [-0.1, -0.05) is 74.5 Å². The third-order valence-corrected chi connectivity index (χ3v) is 9.72. The Balaban J connectivity index is 1.42. The van der Waals surface area contributed by atoms with Gasteiger partial charge < -0.3 is 30.7 Å². The zero-order valence-corrected chi connectivity index (χ0v) is 28.9. The van der Waals surface area contributed by atoms with Crippen LogP contribution in [0.15, 0.2) is 66.0 Å². The van der Waals surface area contributed by atoms with E-state index in [1.54, 1.807) is 16.2 Å². The summed E-state index contributed by atoms with van der Waals surface area (Å²) in [6.45, 7) is 9.44. The number of amides is 3. The quantitative estimate of drug-likeness (QED) is 0.145. The lowest BCUT2D eigenvalue weighted by molar-refractivity contribution is 0.0362. The van der Waals surface area contributed by atoms with Crippen LogP contribution >= 0.6 is 11.3 Å². The first kappa shape index (κ1) is 36.3. The van der Waals surface area contributed by atoms with Crippen molar-refractivity contribution in [1.29, 1.82) is 0 Å². The molecule has 1 aromatic heterocycles. The standard InChI is InChI=1S/C36H52N6O4S/c1-27(2)34-38-33(26-47-34)25-41(3)35(43)39-32(16-17-42-18-20-46-21-19-42)24-37-30(22-28-10-6-4-7-11-28)14-15-31(40-36(44)45)23-29-12-8-5-9-13-29/h4-13,26-27,30-32,37,40H,14-25H2,1-3H3,(H,39,43)(H,44,45)/t30-,31+,32?/m1/s1. The number of thiazole rings is 1. The molecular formula is C36H52N6O4S. The Morgan fingerprint density at radius 2 is 1.53 bits per heavy atom. The van der Waals surface area contributed by atoms with Crippen LogP contribution < -0.4 is 16.0 Å². The summed E-state index contributed by atoms with van der Waals surface area (Å²) in [6.07, 6.45) is 2.69. The van der Waals surface area contributed by atoms with Crippen molar-refractivity contribution in [2.75, 3.05) is 46.4 Å². The maximum atomic E-state index is 13.4. The van der Waals surface area contributed by atoms with Crippen LogP contribution in [0.5, 0.6) is 0 Å². The molecule has 1 aliphatic heterocycles. The van der Waals surface area contributed by atoms with Gasteiger partial charge in [0.1, 0.15) is 0 Å². The molecule has 1 fully saturated rings. The number of hydrogen-bond donors (Lipinski definition) is 4. The third kappa shape index (κ3) is 13.3. The fourth-order valence-electron chi connectivity index (χ4n) is 5.83. The monoisotopic (exact) mass is 664 g/mol. The van der Waals surface area contributed by atoms with Gasteiger partial charge in [-0.05, 0) is 43.2 Å². The highest BCUT2D eigenvalue weighted by molar-refractivity contribution is 7.09. The molecule has 0 saturated carbocycles. The lowest BCUT2D eigenvalue weighted by Gasteiger charge is -2.30. The average molecular weight is 665 g/mol. The summed E-state index contributed by atoms with van der Waals surface area (Å²) in [4.78, 5) is 33.9. The minimum Gasteiger partial charge on any atom is -0.465 e. The van der Waals surface area contributed by atoms with E-state index in [2.05, 4.69) is 46.8 Å². The van der Waals surface area contributed by atoms with Crippen molar-refractivity contribution < 1.29 is 19.4 Å². The summed E-state index contributed by atoms with van der Waals surface area (Å²) in [7, 11) is 1.82. The number of morpholine rings is 1. The van der Waals surface area contributed by atoms with Crippen molar-refractivity contribution in [2.45, 2.75) is 76.5 Å². The molecule has 0 radical (unpaired) electrons. The zero-order chi connectivity index (χ0) is 33.4. The van der Waals surface area contributed by atoms with Gasteiger partial charge in [-0.2, -0.15) is 0 Å². The van der Waals surface area contributed by atoms with E-state index in [1.165, 1.54) is 5.56 Å². The number of nitrogens with zero attached hydrogens (tertiary/aromatic N) is 3. The molecule has 10 nitrogen and oxygen atoms in total. The molecule has 0 bridgehead atoms. The van der Waals surface area contributed by atoms with Gasteiger partial charge in [-0.15, -0.1) is 11.3 Å². The summed E-state index contributed by atoms with van der Waals surface area (Å²) in [5, 5.41) is 22.5. The van der Waals surface area contributed by atoms with Gasteiger partial charge in [-0.25, -0.2) is 14.6 Å². The molecule has 1 saturated heterocycles. The minimum absolute atomic E-state index is 0.0926. The van der Waals surface area contributed by atoms with Crippen LogP contribution in [0.25, 0.3) is 0 Å². The number of aromatic nitrogens is 1. The summed E-state index contributed by atoms with van der Waals surface area (Å²) < 4.78 is 5.54. The van der Waals surface area contributed by atoms with Crippen molar-refractivity contribution in [2.24, 2.45) is 0 Å². The van der Waals surface area contributed by atoms with Crippen molar-refractivity contribution in [3.8, 4) is 0 Å². The van der Waals surface area contributed by atoms with E-state index in [9.17, 15) is 14.7 Å². The maximum Gasteiger partial charge on any atom is 0.404 e. The first-order valence-electron chi connectivity index (χ1n) is 16.8. The van der Waals surface area contributed by atoms with Crippen molar-refractivity contribution in [3.63, 3.8) is 0 Å². The van der Waals surface area contributed by atoms with Gasteiger partial charge in [-0.3, -0.25) is 4.90 Å². The fraction of sp³-hybridized carbons (Fsp3) is 0.528. The predicted molar refractivity (Wildman–Crippen MR) is 188 cm³/mol. The first-order valence-corrected chi connectivity index (χ1v) is 17.7. The van der Waals surface area contributed by atoms with Crippen LogP contribution in [0.3, 0.4) is 0 Å².